The fourth-order valence-electron chi connectivity index (χ4n) is 4.30. The van der Waals surface area contributed by atoms with Crippen molar-refractivity contribution in [2.75, 3.05) is 52.1 Å². The number of carbonyl (C=O) groups is 2. The lowest BCUT2D eigenvalue weighted by atomic mass is 10.0. The Morgan fingerprint density at radius 2 is 2.07 bits per heavy atom. The maximum Gasteiger partial charge on any atom is 0.242 e. The van der Waals surface area contributed by atoms with Gasteiger partial charge in [-0.15, -0.1) is 0 Å². The Balaban J connectivity index is 1.46. The second kappa shape index (κ2) is 7.42. The van der Waals surface area contributed by atoms with Crippen LogP contribution in [0.4, 0.5) is 5.82 Å². The van der Waals surface area contributed by atoms with Gasteiger partial charge in [-0.1, -0.05) is 0 Å². The molecule has 0 bridgehead atoms. The van der Waals surface area contributed by atoms with E-state index < -0.39 is 0 Å². The van der Waals surface area contributed by atoms with E-state index in [2.05, 4.69) is 17.3 Å². The highest BCUT2D eigenvalue weighted by Crippen LogP contribution is 2.29. The van der Waals surface area contributed by atoms with E-state index in [-0.39, 0.29) is 24.3 Å². The minimum Gasteiger partial charge on any atom is -0.373 e. The fraction of sp³-hybridized carbons (Fsp3) is 0.684. The van der Waals surface area contributed by atoms with Gasteiger partial charge < -0.3 is 20.0 Å². The van der Waals surface area contributed by atoms with Crippen molar-refractivity contribution in [2.24, 2.45) is 0 Å². The molecule has 0 unspecified atom stereocenters. The molecule has 2 fully saturated rings. The van der Waals surface area contributed by atoms with Crippen LogP contribution in [0, 0.1) is 0 Å². The molecule has 8 heteroatoms. The van der Waals surface area contributed by atoms with Crippen LogP contribution in [0.3, 0.4) is 0 Å². The van der Waals surface area contributed by atoms with E-state index in [9.17, 15) is 9.59 Å². The van der Waals surface area contributed by atoms with Crippen LogP contribution in [0.2, 0.25) is 0 Å². The summed E-state index contributed by atoms with van der Waals surface area (Å²) in [6.45, 7) is 4.12. The monoisotopic (exact) mass is 372 g/mol. The highest BCUT2D eigenvalue weighted by Gasteiger charge is 2.32. The Labute approximate surface area is 159 Å². The molecule has 2 saturated heterocycles. The van der Waals surface area contributed by atoms with E-state index in [0.29, 0.717) is 26.1 Å². The first kappa shape index (κ1) is 18.2. The molecular weight excluding hydrogens is 344 g/mol. The maximum absolute atomic E-state index is 12.6. The molecule has 4 rings (SSSR count). The molecule has 2 amide bonds. The summed E-state index contributed by atoms with van der Waals surface area (Å²) in [7, 11) is 4.02. The first-order valence-corrected chi connectivity index (χ1v) is 9.86. The number of likely N-dealkylation sites (tertiary alicyclic amines) is 2. The van der Waals surface area contributed by atoms with Gasteiger partial charge in [0, 0.05) is 57.7 Å². The molecule has 8 nitrogen and oxygen atoms in total. The molecule has 0 saturated carbocycles. The van der Waals surface area contributed by atoms with Gasteiger partial charge in [-0.2, -0.15) is 0 Å². The number of amides is 2. The fourth-order valence-corrected chi connectivity index (χ4v) is 4.30. The number of nitrogens with one attached hydrogen (secondary N) is 1. The lowest BCUT2D eigenvalue weighted by molar-refractivity contribution is -0.137. The van der Waals surface area contributed by atoms with E-state index in [0.717, 1.165) is 49.7 Å². The van der Waals surface area contributed by atoms with Crippen molar-refractivity contribution in [3.8, 4) is 0 Å². The molecule has 0 spiro atoms. The zero-order chi connectivity index (χ0) is 19.0. The molecule has 3 aliphatic rings. The van der Waals surface area contributed by atoms with Crippen molar-refractivity contribution < 1.29 is 9.59 Å². The molecule has 1 N–H and O–H groups in total. The minimum atomic E-state index is 0.0410. The molecular formula is C19H28N6O2. The van der Waals surface area contributed by atoms with E-state index >= 15 is 0 Å². The van der Waals surface area contributed by atoms with Crippen LogP contribution in [0.15, 0.2) is 0 Å². The van der Waals surface area contributed by atoms with Crippen molar-refractivity contribution in [1.29, 1.82) is 0 Å². The molecule has 3 aliphatic heterocycles. The summed E-state index contributed by atoms with van der Waals surface area (Å²) >= 11 is 0. The number of hydrogen-bond acceptors (Lipinski definition) is 6. The number of fused-ring (bicyclic) bond motifs is 1. The lowest BCUT2D eigenvalue weighted by Gasteiger charge is -2.26. The summed E-state index contributed by atoms with van der Waals surface area (Å²) in [5, 5.41) is 3.23. The van der Waals surface area contributed by atoms with E-state index in [1.165, 1.54) is 5.56 Å². The highest BCUT2D eigenvalue weighted by molar-refractivity contribution is 5.86. The Kier molecular flexibility index (Phi) is 4.99. The Hall–Kier alpha value is -2.22. The Bertz CT molecular complexity index is 752. The Morgan fingerprint density at radius 3 is 2.81 bits per heavy atom. The van der Waals surface area contributed by atoms with Crippen molar-refractivity contribution >= 4 is 17.6 Å². The number of aromatic nitrogens is 2. The van der Waals surface area contributed by atoms with Gasteiger partial charge in [-0.3, -0.25) is 9.59 Å². The number of rotatable bonds is 4. The van der Waals surface area contributed by atoms with Crippen LogP contribution < -0.4 is 5.32 Å². The van der Waals surface area contributed by atoms with Crippen molar-refractivity contribution in [3.05, 3.63) is 17.1 Å². The van der Waals surface area contributed by atoms with Crippen molar-refractivity contribution in [3.63, 3.8) is 0 Å². The predicted octanol–water partition coefficient (Wildman–Crippen LogP) is 0.445. The third kappa shape index (κ3) is 3.63. The molecule has 146 valence electrons. The number of nitrogens with zero attached hydrogens (tertiary/aromatic N) is 5. The summed E-state index contributed by atoms with van der Waals surface area (Å²) in [6.07, 6.45) is 3.26. The normalized spacial score (nSPS) is 23.0. The van der Waals surface area contributed by atoms with Crippen LogP contribution in [0.1, 0.15) is 42.3 Å². The zero-order valence-electron chi connectivity index (χ0n) is 16.2. The van der Waals surface area contributed by atoms with E-state index in [4.69, 9.17) is 9.97 Å². The second-order valence-corrected chi connectivity index (χ2v) is 7.84. The lowest BCUT2D eigenvalue weighted by Crippen LogP contribution is -2.39. The van der Waals surface area contributed by atoms with Crippen LogP contribution in [-0.2, 0) is 22.6 Å². The largest absolute Gasteiger partial charge is 0.373 e. The minimum absolute atomic E-state index is 0.0410. The molecule has 1 aromatic rings. The SMILES string of the molecule is CNc1nc([C@H]2CCN(C(=O)CN3CCCC3=O)C2)nc2c1CCN(C)C2. The summed E-state index contributed by atoms with van der Waals surface area (Å²) in [4.78, 5) is 39.8. The smallest absolute Gasteiger partial charge is 0.242 e. The molecule has 4 heterocycles. The molecule has 0 radical (unpaired) electrons. The number of hydrogen-bond donors (Lipinski definition) is 1. The average molecular weight is 372 g/mol. The van der Waals surface area contributed by atoms with Gasteiger partial charge in [0.25, 0.3) is 0 Å². The van der Waals surface area contributed by atoms with Gasteiger partial charge in [0.05, 0.1) is 12.2 Å². The maximum atomic E-state index is 12.6. The molecule has 1 atom stereocenters. The average Bonchev–Trinajstić information content (AvgIpc) is 3.30. The third-order valence-corrected chi connectivity index (χ3v) is 5.91. The van der Waals surface area contributed by atoms with E-state index in [1.807, 2.05) is 11.9 Å². The van der Waals surface area contributed by atoms with Gasteiger partial charge in [-0.05, 0) is 26.3 Å². The topological polar surface area (TPSA) is 81.7 Å². The molecule has 0 aromatic carbocycles. The summed E-state index contributed by atoms with van der Waals surface area (Å²) < 4.78 is 0. The third-order valence-electron chi connectivity index (χ3n) is 5.91. The van der Waals surface area contributed by atoms with Crippen LogP contribution >= 0.6 is 0 Å². The first-order valence-electron chi connectivity index (χ1n) is 9.86. The number of carbonyl (C=O) groups excluding carboxylic acids is 2. The van der Waals surface area contributed by atoms with Crippen LogP contribution in [0.5, 0.6) is 0 Å². The van der Waals surface area contributed by atoms with Gasteiger partial charge in [0.15, 0.2) is 0 Å². The molecule has 27 heavy (non-hydrogen) atoms. The predicted molar refractivity (Wildman–Crippen MR) is 101 cm³/mol. The number of likely N-dealkylation sites (N-methyl/N-ethyl adjacent to an activating group) is 1. The zero-order valence-corrected chi connectivity index (χ0v) is 16.2. The highest BCUT2D eigenvalue weighted by atomic mass is 16.2. The van der Waals surface area contributed by atoms with Gasteiger partial charge in [0.1, 0.15) is 11.6 Å². The molecule has 1 aromatic heterocycles. The quantitative estimate of drug-likeness (QED) is 0.826. The van der Waals surface area contributed by atoms with Crippen LogP contribution in [0.25, 0.3) is 0 Å². The number of anilines is 1. The summed E-state index contributed by atoms with van der Waals surface area (Å²) in [5.74, 6) is 2.06. The summed E-state index contributed by atoms with van der Waals surface area (Å²) in [5.41, 5.74) is 2.32. The first-order chi connectivity index (χ1) is 13.0. The molecule has 0 aliphatic carbocycles. The second-order valence-electron chi connectivity index (χ2n) is 7.84. The summed E-state index contributed by atoms with van der Waals surface area (Å²) in [6, 6.07) is 0. The van der Waals surface area contributed by atoms with Gasteiger partial charge in [0.2, 0.25) is 11.8 Å². The standard InChI is InChI=1S/C19H28N6O2/c1-20-19-14-6-8-23(2)11-15(14)21-18(22-19)13-5-9-25(10-13)17(27)12-24-7-3-4-16(24)26/h13H,3-12H2,1-2H3,(H,20,21,22)/t13-/m0/s1. The Morgan fingerprint density at radius 1 is 1.22 bits per heavy atom. The van der Waals surface area contributed by atoms with Gasteiger partial charge in [-0.25, -0.2) is 9.97 Å². The van der Waals surface area contributed by atoms with Gasteiger partial charge >= 0.3 is 0 Å². The van der Waals surface area contributed by atoms with Crippen molar-refractivity contribution in [1.82, 2.24) is 24.7 Å². The van der Waals surface area contributed by atoms with Crippen molar-refractivity contribution in [2.45, 2.75) is 38.1 Å². The van der Waals surface area contributed by atoms with Crippen LogP contribution in [-0.4, -0.2) is 83.3 Å². The van der Waals surface area contributed by atoms with E-state index in [1.54, 1.807) is 4.90 Å².